The third-order valence-electron chi connectivity index (χ3n) is 2.14. The topological polar surface area (TPSA) is 51.2 Å². The van der Waals surface area contributed by atoms with E-state index >= 15 is 0 Å². The number of rotatable bonds is 1. The standard InChI is InChI=1S/C11H6O3/c12-6-7-2-1-3-9-8(7)4-5-10(13)11(9)14/h1-6H. The van der Waals surface area contributed by atoms with Gasteiger partial charge >= 0.3 is 0 Å². The number of aldehydes is 1. The Bertz CT molecular complexity index is 469. The second kappa shape index (κ2) is 3.03. The fourth-order valence-electron chi connectivity index (χ4n) is 1.44. The molecular weight excluding hydrogens is 180 g/mol. The van der Waals surface area contributed by atoms with Crippen molar-refractivity contribution in [3.8, 4) is 0 Å². The molecule has 0 saturated heterocycles. The normalized spacial score (nSPS) is 14.0. The Kier molecular flexibility index (Phi) is 1.85. The van der Waals surface area contributed by atoms with E-state index in [0.29, 0.717) is 23.0 Å². The van der Waals surface area contributed by atoms with Gasteiger partial charge in [0.1, 0.15) is 0 Å². The van der Waals surface area contributed by atoms with Gasteiger partial charge in [-0.1, -0.05) is 18.2 Å². The summed E-state index contributed by atoms with van der Waals surface area (Å²) in [6.07, 6.45) is 3.37. The van der Waals surface area contributed by atoms with Crippen molar-refractivity contribution in [1.29, 1.82) is 0 Å². The van der Waals surface area contributed by atoms with Gasteiger partial charge in [-0.25, -0.2) is 0 Å². The number of hydrogen-bond acceptors (Lipinski definition) is 3. The Morgan fingerprint density at radius 2 is 1.86 bits per heavy atom. The summed E-state index contributed by atoms with van der Waals surface area (Å²) in [6, 6.07) is 4.75. The first-order valence-electron chi connectivity index (χ1n) is 4.09. The number of hydrogen-bond donors (Lipinski definition) is 0. The Morgan fingerprint density at radius 3 is 2.57 bits per heavy atom. The van der Waals surface area contributed by atoms with E-state index < -0.39 is 11.6 Å². The highest BCUT2D eigenvalue weighted by Gasteiger charge is 2.21. The van der Waals surface area contributed by atoms with E-state index in [1.54, 1.807) is 18.2 Å². The number of Topliss-reactive ketones (excluding diaryl/α,β-unsaturated/α-hetero) is 1. The van der Waals surface area contributed by atoms with Crippen molar-refractivity contribution in [3.05, 3.63) is 41.0 Å². The summed E-state index contributed by atoms with van der Waals surface area (Å²) in [6.45, 7) is 0. The smallest absolute Gasteiger partial charge is 0.233 e. The van der Waals surface area contributed by atoms with Crippen LogP contribution in [0.25, 0.3) is 6.08 Å². The highest BCUT2D eigenvalue weighted by Crippen LogP contribution is 2.20. The number of allylic oxidation sites excluding steroid dienone is 1. The number of fused-ring (bicyclic) bond motifs is 1. The zero-order chi connectivity index (χ0) is 10.1. The lowest BCUT2D eigenvalue weighted by Gasteiger charge is -2.09. The molecule has 1 aromatic carbocycles. The summed E-state index contributed by atoms with van der Waals surface area (Å²) >= 11 is 0. The van der Waals surface area contributed by atoms with Gasteiger partial charge in [-0.05, 0) is 17.7 Å². The van der Waals surface area contributed by atoms with Crippen LogP contribution in [0.4, 0.5) is 0 Å². The van der Waals surface area contributed by atoms with E-state index in [9.17, 15) is 14.4 Å². The van der Waals surface area contributed by atoms with Crippen LogP contribution in [0.3, 0.4) is 0 Å². The maximum absolute atomic E-state index is 11.4. The number of carbonyl (C=O) groups is 3. The molecule has 0 N–H and O–H groups in total. The maximum Gasteiger partial charge on any atom is 0.233 e. The van der Waals surface area contributed by atoms with Crippen molar-refractivity contribution in [2.45, 2.75) is 0 Å². The van der Waals surface area contributed by atoms with Gasteiger partial charge in [0.15, 0.2) is 6.29 Å². The van der Waals surface area contributed by atoms with Crippen molar-refractivity contribution < 1.29 is 14.4 Å². The third kappa shape index (κ3) is 1.10. The maximum atomic E-state index is 11.4. The van der Waals surface area contributed by atoms with Crippen LogP contribution >= 0.6 is 0 Å². The van der Waals surface area contributed by atoms with Gasteiger partial charge in [0.25, 0.3) is 0 Å². The Balaban J connectivity index is 2.72. The van der Waals surface area contributed by atoms with Gasteiger partial charge in [0.2, 0.25) is 11.6 Å². The first kappa shape index (κ1) is 8.56. The highest BCUT2D eigenvalue weighted by atomic mass is 16.2. The Hall–Kier alpha value is -2.03. The van der Waals surface area contributed by atoms with Crippen LogP contribution in [0, 0.1) is 0 Å². The van der Waals surface area contributed by atoms with Gasteiger partial charge in [0, 0.05) is 11.1 Å². The minimum atomic E-state index is -0.550. The quantitative estimate of drug-likeness (QED) is 0.490. The average Bonchev–Trinajstić information content (AvgIpc) is 2.23. The van der Waals surface area contributed by atoms with Crippen LogP contribution < -0.4 is 0 Å². The van der Waals surface area contributed by atoms with Gasteiger partial charge in [-0.15, -0.1) is 0 Å². The molecule has 0 heterocycles. The number of benzene rings is 1. The summed E-state index contributed by atoms with van der Waals surface area (Å²) in [5.41, 5.74) is 1.27. The molecule has 0 radical (unpaired) electrons. The van der Waals surface area contributed by atoms with Crippen LogP contribution in [0.15, 0.2) is 24.3 Å². The SMILES string of the molecule is O=Cc1cccc2c1C=CC(=O)C2=O. The molecule has 0 bridgehead atoms. The van der Waals surface area contributed by atoms with Crippen LogP contribution in [0.5, 0.6) is 0 Å². The zero-order valence-corrected chi connectivity index (χ0v) is 7.19. The van der Waals surface area contributed by atoms with Crippen molar-refractivity contribution in [3.63, 3.8) is 0 Å². The molecule has 0 aromatic heterocycles. The van der Waals surface area contributed by atoms with Gasteiger partial charge < -0.3 is 0 Å². The molecular formula is C11H6O3. The molecule has 1 aliphatic carbocycles. The van der Waals surface area contributed by atoms with Crippen LogP contribution in [-0.4, -0.2) is 17.9 Å². The molecule has 0 spiro atoms. The fraction of sp³-hybridized carbons (Fsp3) is 0. The minimum Gasteiger partial charge on any atom is -0.298 e. The van der Waals surface area contributed by atoms with Crippen LogP contribution in [0.1, 0.15) is 26.3 Å². The van der Waals surface area contributed by atoms with Crippen LogP contribution in [-0.2, 0) is 4.79 Å². The van der Waals surface area contributed by atoms with Crippen LogP contribution in [0.2, 0.25) is 0 Å². The lowest BCUT2D eigenvalue weighted by Crippen LogP contribution is -2.17. The van der Waals surface area contributed by atoms with Crippen molar-refractivity contribution in [2.75, 3.05) is 0 Å². The lowest BCUT2D eigenvalue weighted by atomic mass is 9.92. The van der Waals surface area contributed by atoms with Crippen molar-refractivity contribution in [1.82, 2.24) is 0 Å². The van der Waals surface area contributed by atoms with Gasteiger partial charge in [-0.2, -0.15) is 0 Å². The predicted molar refractivity (Wildman–Crippen MR) is 50.2 cm³/mol. The molecule has 2 rings (SSSR count). The zero-order valence-electron chi connectivity index (χ0n) is 7.19. The van der Waals surface area contributed by atoms with E-state index in [4.69, 9.17) is 0 Å². The summed E-state index contributed by atoms with van der Waals surface area (Å²) in [5.74, 6) is -1.09. The molecule has 0 unspecified atom stereocenters. The average molecular weight is 186 g/mol. The van der Waals surface area contributed by atoms with E-state index in [0.717, 1.165) is 0 Å². The third-order valence-corrected chi connectivity index (χ3v) is 2.14. The van der Waals surface area contributed by atoms with E-state index in [1.807, 2.05) is 0 Å². The molecule has 1 aliphatic rings. The molecule has 0 saturated carbocycles. The summed E-state index contributed by atoms with van der Waals surface area (Å²) in [4.78, 5) is 33.0. The van der Waals surface area contributed by atoms with E-state index in [1.165, 1.54) is 12.2 Å². The summed E-state index contributed by atoms with van der Waals surface area (Å²) in [5, 5.41) is 0. The monoisotopic (exact) mass is 186 g/mol. The molecule has 14 heavy (non-hydrogen) atoms. The molecule has 1 aromatic rings. The van der Waals surface area contributed by atoms with Gasteiger partial charge in [-0.3, -0.25) is 14.4 Å². The molecule has 0 atom stereocenters. The first-order chi connectivity index (χ1) is 6.74. The first-order valence-corrected chi connectivity index (χ1v) is 4.09. The van der Waals surface area contributed by atoms with Crippen molar-refractivity contribution in [2.24, 2.45) is 0 Å². The molecule has 0 fully saturated rings. The van der Waals surface area contributed by atoms with Crippen molar-refractivity contribution >= 4 is 23.9 Å². The summed E-state index contributed by atoms with van der Waals surface area (Å²) in [7, 11) is 0. The number of carbonyl (C=O) groups excluding carboxylic acids is 3. The van der Waals surface area contributed by atoms with E-state index in [-0.39, 0.29) is 0 Å². The van der Waals surface area contributed by atoms with Gasteiger partial charge in [0.05, 0.1) is 0 Å². The Labute approximate surface area is 80.0 Å². The molecule has 68 valence electrons. The van der Waals surface area contributed by atoms with E-state index in [2.05, 4.69) is 0 Å². The Morgan fingerprint density at radius 1 is 1.07 bits per heavy atom. The highest BCUT2D eigenvalue weighted by molar-refractivity contribution is 6.50. The molecule has 3 heteroatoms. The second-order valence-corrected chi connectivity index (χ2v) is 2.95. The molecule has 0 amide bonds. The summed E-state index contributed by atoms with van der Waals surface area (Å²) < 4.78 is 0. The second-order valence-electron chi connectivity index (χ2n) is 2.95. The largest absolute Gasteiger partial charge is 0.298 e. The molecule has 0 aliphatic heterocycles. The number of ketones is 2. The molecule has 3 nitrogen and oxygen atoms in total. The lowest BCUT2D eigenvalue weighted by molar-refractivity contribution is -0.110. The predicted octanol–water partition coefficient (Wildman–Crippen LogP) is 1.28. The minimum absolute atomic E-state index is 0.308. The fourth-order valence-corrected chi connectivity index (χ4v) is 1.44.